The van der Waals surface area contributed by atoms with E-state index in [0.717, 1.165) is 24.5 Å². The van der Waals surface area contributed by atoms with Crippen LogP contribution >= 0.6 is 0 Å². The van der Waals surface area contributed by atoms with Crippen molar-refractivity contribution in [1.82, 2.24) is 19.9 Å². The fraction of sp³-hybridized carbons (Fsp3) is 0.417. The van der Waals surface area contributed by atoms with E-state index in [0.29, 0.717) is 41.9 Å². The van der Waals surface area contributed by atoms with Crippen LogP contribution < -0.4 is 16.0 Å². The third-order valence-corrected chi connectivity index (χ3v) is 6.41. The van der Waals surface area contributed by atoms with Gasteiger partial charge in [0, 0.05) is 36.3 Å². The Morgan fingerprint density at radius 1 is 1.24 bits per heavy atom. The first-order valence-corrected chi connectivity index (χ1v) is 11.8. The number of nitriles is 1. The number of esters is 1. The molecule has 0 bridgehead atoms. The quantitative estimate of drug-likeness (QED) is 0.320. The van der Waals surface area contributed by atoms with Crippen LogP contribution in [0.5, 0.6) is 0 Å². The molecule has 1 aliphatic carbocycles. The third kappa shape index (κ3) is 5.59. The van der Waals surface area contributed by atoms with Crippen LogP contribution in [0.2, 0.25) is 0 Å². The Kier molecular flexibility index (Phi) is 6.59. The highest BCUT2D eigenvalue weighted by molar-refractivity contribution is 5.75. The average Bonchev–Trinajstić information content (AvgIpc) is 3.61. The smallest absolute Gasteiger partial charge is 0.454 e. The van der Waals surface area contributed by atoms with Crippen LogP contribution in [0.15, 0.2) is 30.5 Å². The minimum absolute atomic E-state index is 0.114. The molecule has 2 fully saturated rings. The molecule has 37 heavy (non-hydrogen) atoms. The van der Waals surface area contributed by atoms with E-state index in [4.69, 9.17) is 4.74 Å². The van der Waals surface area contributed by atoms with Crippen LogP contribution in [0, 0.1) is 23.1 Å². The highest BCUT2D eigenvalue weighted by Crippen LogP contribution is 2.42. The molecule has 3 N–H and O–H groups in total. The van der Waals surface area contributed by atoms with Crippen molar-refractivity contribution in [3.8, 4) is 6.07 Å². The van der Waals surface area contributed by atoms with E-state index in [1.807, 2.05) is 6.07 Å². The number of aromatic nitrogens is 3. The van der Waals surface area contributed by atoms with Crippen molar-refractivity contribution in [1.29, 1.82) is 5.26 Å². The van der Waals surface area contributed by atoms with E-state index >= 15 is 0 Å². The van der Waals surface area contributed by atoms with Crippen molar-refractivity contribution in [2.24, 2.45) is 5.92 Å². The van der Waals surface area contributed by atoms with Crippen LogP contribution in [0.4, 0.5) is 34.9 Å². The maximum atomic E-state index is 14.0. The number of anilines is 3. The molecule has 0 radical (unpaired) electrons. The van der Waals surface area contributed by atoms with Gasteiger partial charge in [-0.1, -0.05) is 0 Å². The molecular formula is C24H23F4N7O2. The summed E-state index contributed by atoms with van der Waals surface area (Å²) in [5, 5.41) is 22.8. The van der Waals surface area contributed by atoms with Crippen molar-refractivity contribution in [3.63, 3.8) is 0 Å². The van der Waals surface area contributed by atoms with Crippen LogP contribution in [0.3, 0.4) is 0 Å². The normalized spacial score (nSPS) is 19.9. The molecule has 3 heterocycles. The second-order valence-corrected chi connectivity index (χ2v) is 9.18. The predicted octanol–water partition coefficient (Wildman–Crippen LogP) is 3.86. The van der Waals surface area contributed by atoms with E-state index < -0.39 is 24.1 Å². The number of nitrogens with one attached hydrogen (secondary N) is 3. The number of carbonyl (C=O) groups is 1. The summed E-state index contributed by atoms with van der Waals surface area (Å²) in [7, 11) is 0. The molecule has 9 nitrogen and oxygen atoms in total. The summed E-state index contributed by atoms with van der Waals surface area (Å²) in [6.45, 7) is 0.898. The zero-order valence-corrected chi connectivity index (χ0v) is 19.5. The molecule has 0 spiro atoms. The number of benzene rings is 1. The number of hydrogen-bond donors (Lipinski definition) is 3. The summed E-state index contributed by atoms with van der Waals surface area (Å²) in [4.78, 5) is 16.1. The number of hydrogen-bond acceptors (Lipinski definition) is 8. The summed E-state index contributed by atoms with van der Waals surface area (Å²) in [5.74, 6) is -1.95. The molecule has 1 aromatic carbocycles. The van der Waals surface area contributed by atoms with Crippen molar-refractivity contribution in [3.05, 3.63) is 47.4 Å². The van der Waals surface area contributed by atoms with Gasteiger partial charge in [0.2, 0.25) is 0 Å². The number of fused-ring (bicyclic) bond motifs is 1. The van der Waals surface area contributed by atoms with Crippen molar-refractivity contribution < 1.29 is 27.1 Å². The number of rotatable bonds is 7. The number of halogens is 4. The number of carbonyl (C=O) groups excluding carboxylic acids is 1. The monoisotopic (exact) mass is 517 g/mol. The molecule has 13 heteroatoms. The first-order valence-electron chi connectivity index (χ1n) is 11.8. The summed E-state index contributed by atoms with van der Waals surface area (Å²) >= 11 is 0. The average molecular weight is 517 g/mol. The highest BCUT2D eigenvalue weighted by atomic mass is 19.4. The topological polar surface area (TPSA) is 116 Å². The molecular weight excluding hydrogens is 494 g/mol. The van der Waals surface area contributed by atoms with Gasteiger partial charge in [0.1, 0.15) is 23.6 Å². The van der Waals surface area contributed by atoms with Gasteiger partial charge in [-0.3, -0.25) is 0 Å². The lowest BCUT2D eigenvalue weighted by molar-refractivity contribution is -0.207. The van der Waals surface area contributed by atoms with Crippen LogP contribution in [-0.2, 0) is 9.53 Å². The molecule has 1 saturated heterocycles. The molecule has 1 aliphatic heterocycles. The van der Waals surface area contributed by atoms with Gasteiger partial charge in [0.05, 0.1) is 17.8 Å². The minimum atomic E-state index is -5.06. The maximum Gasteiger partial charge on any atom is 0.490 e. The molecule has 194 valence electrons. The Labute approximate surface area is 208 Å². The Morgan fingerprint density at radius 3 is 2.78 bits per heavy atom. The minimum Gasteiger partial charge on any atom is -0.454 e. The summed E-state index contributed by atoms with van der Waals surface area (Å²) in [6, 6.07) is 7.44. The molecule has 0 amide bonds. The second-order valence-electron chi connectivity index (χ2n) is 9.18. The van der Waals surface area contributed by atoms with Gasteiger partial charge in [-0.05, 0) is 49.9 Å². The van der Waals surface area contributed by atoms with E-state index in [9.17, 15) is 27.6 Å². The van der Waals surface area contributed by atoms with Gasteiger partial charge in [0.15, 0.2) is 5.65 Å². The first kappa shape index (κ1) is 24.8. The summed E-state index contributed by atoms with van der Waals surface area (Å²) < 4.78 is 58.5. The van der Waals surface area contributed by atoms with Gasteiger partial charge in [-0.2, -0.15) is 28.0 Å². The molecule has 2 atom stereocenters. The van der Waals surface area contributed by atoms with Crippen molar-refractivity contribution >= 4 is 28.9 Å². The van der Waals surface area contributed by atoms with Crippen molar-refractivity contribution in [2.45, 2.75) is 37.5 Å². The molecule has 3 aromatic rings. The SMILES string of the molecule is N#Cc1cc(F)cc(Nc2cc(NCC3CCNCC3OC(=O)C(F)(F)F)nc3c(C4CC4)cnn23)c1. The van der Waals surface area contributed by atoms with E-state index in [2.05, 4.69) is 26.0 Å². The lowest BCUT2D eigenvalue weighted by atomic mass is 9.95. The first-order chi connectivity index (χ1) is 17.7. The van der Waals surface area contributed by atoms with Gasteiger partial charge < -0.3 is 20.7 Å². The molecule has 2 aromatic heterocycles. The summed E-state index contributed by atoms with van der Waals surface area (Å²) in [6.07, 6.45) is -1.76. The molecule has 5 rings (SSSR count). The number of piperidine rings is 1. The van der Waals surface area contributed by atoms with E-state index in [1.165, 1.54) is 12.1 Å². The third-order valence-electron chi connectivity index (χ3n) is 6.41. The number of ether oxygens (including phenoxy) is 1. The fourth-order valence-electron chi connectivity index (χ4n) is 4.41. The van der Waals surface area contributed by atoms with E-state index in [1.54, 1.807) is 16.8 Å². The van der Waals surface area contributed by atoms with Gasteiger partial charge >= 0.3 is 12.1 Å². The standard InChI is InChI=1S/C24H23F4N7O2/c25-16-5-13(9-29)6-17(7-16)33-21-8-20(34-22-18(14-1-2-14)11-32-35(21)22)31-10-15-3-4-30-12-19(15)37-23(36)24(26,27)28/h5-8,11,14-15,19,30,33H,1-4,10,12H2,(H,31,34). The number of nitrogens with zero attached hydrogens (tertiary/aromatic N) is 4. The Hall–Kier alpha value is -3.92. The predicted molar refractivity (Wildman–Crippen MR) is 125 cm³/mol. The Morgan fingerprint density at radius 2 is 2.05 bits per heavy atom. The van der Waals surface area contributed by atoms with Crippen LogP contribution in [0.25, 0.3) is 5.65 Å². The molecule has 2 unspecified atom stereocenters. The number of alkyl halides is 3. The Balaban J connectivity index is 1.40. The fourth-order valence-corrected chi connectivity index (χ4v) is 4.41. The zero-order chi connectivity index (χ0) is 26.2. The molecule has 1 saturated carbocycles. The molecule has 2 aliphatic rings. The maximum absolute atomic E-state index is 14.0. The van der Waals surface area contributed by atoms with Crippen molar-refractivity contribution in [2.75, 3.05) is 30.3 Å². The highest BCUT2D eigenvalue weighted by Gasteiger charge is 2.43. The summed E-state index contributed by atoms with van der Waals surface area (Å²) in [5.41, 5.74) is 2.05. The van der Waals surface area contributed by atoms with Gasteiger partial charge in [-0.15, -0.1) is 0 Å². The van der Waals surface area contributed by atoms with Gasteiger partial charge in [-0.25, -0.2) is 14.2 Å². The lowest BCUT2D eigenvalue weighted by Crippen LogP contribution is -2.47. The zero-order valence-electron chi connectivity index (χ0n) is 19.5. The van der Waals surface area contributed by atoms with E-state index in [-0.39, 0.29) is 24.6 Å². The largest absolute Gasteiger partial charge is 0.490 e. The van der Waals surface area contributed by atoms with Crippen LogP contribution in [-0.4, -0.2) is 52.5 Å². The Bertz CT molecular complexity index is 1360. The van der Waals surface area contributed by atoms with Gasteiger partial charge in [0.25, 0.3) is 0 Å². The van der Waals surface area contributed by atoms with Crippen LogP contribution in [0.1, 0.15) is 36.3 Å². The second kappa shape index (κ2) is 9.85. The lowest BCUT2D eigenvalue weighted by Gasteiger charge is -2.32.